The van der Waals surface area contributed by atoms with Crippen molar-refractivity contribution in [1.29, 1.82) is 15.8 Å². The summed E-state index contributed by atoms with van der Waals surface area (Å²) >= 11 is 12.2. The lowest BCUT2D eigenvalue weighted by molar-refractivity contribution is -0.140. The minimum atomic E-state index is -4.87. The molecule has 8 aliphatic rings. The predicted octanol–water partition coefficient (Wildman–Crippen LogP) is 17.7. The van der Waals surface area contributed by atoms with Crippen molar-refractivity contribution in [3.05, 3.63) is 200 Å². The third kappa shape index (κ3) is 19.2. The third-order valence-corrected chi connectivity index (χ3v) is 24.0. The van der Waals surface area contributed by atoms with Crippen LogP contribution in [0.15, 0.2) is 133 Å². The molecule has 6 amide bonds. The van der Waals surface area contributed by atoms with Crippen LogP contribution in [0, 0.1) is 57.5 Å². The van der Waals surface area contributed by atoms with E-state index in [9.17, 15) is 70.4 Å². The largest absolute Gasteiger partial charge is 0.419 e. The van der Waals surface area contributed by atoms with Crippen molar-refractivity contribution in [3.63, 3.8) is 0 Å². The molecule has 6 aromatic carbocycles. The number of carbonyl (C=O) groups excluding carboxylic acids is 3. The zero-order chi connectivity index (χ0) is 76.5. The van der Waals surface area contributed by atoms with Gasteiger partial charge in [-0.3, -0.25) is 4.90 Å². The molecule has 0 aromatic heterocycles. The van der Waals surface area contributed by atoms with Crippen LogP contribution in [0.3, 0.4) is 0 Å². The zero-order valence-electron chi connectivity index (χ0n) is 59.9. The van der Waals surface area contributed by atoms with Gasteiger partial charge >= 0.3 is 30.4 Å². The second-order valence-electron chi connectivity index (χ2n) is 29.9. The lowest BCUT2D eigenvalue weighted by Gasteiger charge is -2.37. The summed E-state index contributed by atoms with van der Waals surface area (Å²) in [6.45, 7) is 9.06. The van der Waals surface area contributed by atoms with Crippen molar-refractivity contribution in [2.24, 2.45) is 11.8 Å². The molecule has 0 bridgehead atoms. The number of nitriles is 3. The van der Waals surface area contributed by atoms with Crippen LogP contribution in [0.2, 0.25) is 10.0 Å². The number of rotatable bonds is 18. The summed E-state index contributed by atoms with van der Waals surface area (Å²) in [4.78, 5) is 52.4. The Morgan fingerprint density at radius 3 is 1.37 bits per heavy atom. The molecular weight excluding hydrogens is 1440 g/mol. The Kier molecular flexibility index (Phi) is 25.1. The standard InChI is InChI=1S/C28H30F4N4O2.C28H30F4N4O.C26H28Cl2N4O/c29-25-5-4-21(14-24(25)28(30,31)32)34-26(38)36(11-10-35-9-7-23(37)17-35)22-6-8-27(15-20(27)13-22)19-3-1-2-18(12-19)16-33;29-25-7-6-22(16-24(25)28(30,31)32)34-26(37)36(13-12-35-10-1-2-11-35)23-8-9-27(17-21(27)15-23)20-5-3-4-19(14-20)18-33;27-24-11-8-22(17-25(24)28)30-26(33)32(15-14-31-12-1-2-13-31)23-9-6-20(7-10-23)21-5-3-4-19(16-21)18-29/h1-5,12,14,20,22-23,37H,6-11,13,15,17H2,(H,34,38);3-7,14,16,21,23H,1-2,8-13,15,17H2,(H,34,37);3-6,8,11,16-17,23H,1-2,7,9-10,12-15H2,(H,30,33)/t20?,22-,23+,27-;21?,23?,27-;/m11./s1. The van der Waals surface area contributed by atoms with Crippen LogP contribution in [0.1, 0.15) is 147 Å². The van der Waals surface area contributed by atoms with Crippen molar-refractivity contribution in [2.45, 2.75) is 150 Å². The number of halogens is 10. The molecule has 26 heteroatoms. The van der Waals surface area contributed by atoms with E-state index < -0.39 is 53.3 Å². The number of carbonyl (C=O) groups is 3. The van der Waals surface area contributed by atoms with E-state index in [2.05, 4.69) is 73.1 Å². The fourth-order valence-electron chi connectivity index (χ4n) is 17.2. The highest BCUT2D eigenvalue weighted by atomic mass is 35.5. The molecule has 7 fully saturated rings. The van der Waals surface area contributed by atoms with Gasteiger partial charge in [-0.25, -0.2) is 23.2 Å². The van der Waals surface area contributed by atoms with Gasteiger partial charge in [0.1, 0.15) is 11.6 Å². The SMILES string of the molecule is N#Cc1cccc(C2=CCC(N(CCN3CCCC3)C(=O)Nc3ccc(Cl)c(Cl)c3)CC2)c1.N#Cc1cccc([C@]23CCC(N(CCN4CCCC4)C(=O)Nc4ccc(F)c(C(F)(F)F)c4)CC2C3)c1.N#Cc1cccc([C@]23CC[C@@H](N(CCN4CC[C@H](O)C4)C(=O)Nc4ccc(F)c(C(F)(F)F)c4)CC2C3)c1. The second-order valence-corrected chi connectivity index (χ2v) is 30.7. The van der Waals surface area contributed by atoms with Crippen molar-refractivity contribution < 1.29 is 54.6 Å². The number of nitrogens with one attached hydrogen (secondary N) is 3. The van der Waals surface area contributed by atoms with Crippen molar-refractivity contribution in [1.82, 2.24) is 29.4 Å². The number of aliphatic hydroxyl groups is 1. The lowest BCUT2D eigenvalue weighted by atomic mass is 9.80. The van der Waals surface area contributed by atoms with Gasteiger partial charge in [-0.2, -0.15) is 42.1 Å². The van der Waals surface area contributed by atoms with Crippen LogP contribution >= 0.6 is 23.2 Å². The number of amides is 6. The molecule has 16 nitrogen and oxygen atoms in total. The molecule has 0 radical (unpaired) electrons. The average molecular weight is 1530 g/mol. The van der Waals surface area contributed by atoms with Crippen molar-refractivity contribution in [2.75, 3.05) is 94.5 Å². The van der Waals surface area contributed by atoms with Gasteiger partial charge in [0, 0.05) is 87.5 Å². The number of likely N-dealkylation sites (tertiary alicyclic amines) is 3. The minimum absolute atomic E-state index is 0.00311. The third-order valence-electron chi connectivity index (χ3n) is 23.2. The van der Waals surface area contributed by atoms with E-state index in [0.717, 1.165) is 152 Å². The number of fused-ring (bicyclic) bond motifs is 2. The molecule has 0 spiro atoms. The number of nitrogens with zero attached hydrogens (tertiary/aromatic N) is 9. The summed E-state index contributed by atoms with van der Waals surface area (Å²) in [6, 6.07) is 38.8. The van der Waals surface area contributed by atoms with Gasteiger partial charge in [-0.15, -0.1) is 0 Å². The number of benzene rings is 6. The molecular formula is C82H88Cl2F8N12O4. The molecule has 570 valence electrons. The first-order valence-electron chi connectivity index (χ1n) is 37.3. The summed E-state index contributed by atoms with van der Waals surface area (Å²) in [6.07, 6.45) is 6.80. The van der Waals surface area contributed by atoms with E-state index in [-0.39, 0.29) is 46.4 Å². The molecule has 3 aliphatic heterocycles. The highest BCUT2D eigenvalue weighted by Crippen LogP contribution is 2.64. The summed E-state index contributed by atoms with van der Waals surface area (Å²) in [7, 11) is 0. The lowest BCUT2D eigenvalue weighted by Crippen LogP contribution is -2.48. The summed E-state index contributed by atoms with van der Waals surface area (Å²) in [5.74, 6) is -2.02. The van der Waals surface area contributed by atoms with Crippen LogP contribution in [0.25, 0.3) is 5.57 Å². The predicted molar refractivity (Wildman–Crippen MR) is 399 cm³/mol. The number of anilines is 3. The van der Waals surface area contributed by atoms with Crippen LogP contribution in [-0.2, 0) is 23.2 Å². The van der Waals surface area contributed by atoms with Crippen molar-refractivity contribution in [3.8, 4) is 18.2 Å². The zero-order valence-corrected chi connectivity index (χ0v) is 61.5. The number of alkyl halides is 6. The summed E-state index contributed by atoms with van der Waals surface area (Å²) < 4.78 is 107. The number of β-amino-alcohol motifs (C(OH)–C–C–N with tert-alkyl or cyclic N) is 1. The van der Waals surface area contributed by atoms with E-state index in [1.807, 2.05) is 47.4 Å². The molecule has 4 saturated carbocycles. The maximum absolute atomic E-state index is 13.8. The Balaban J connectivity index is 0.000000152. The first-order valence-corrected chi connectivity index (χ1v) is 38.0. The Hall–Kier alpha value is -8.80. The molecule has 108 heavy (non-hydrogen) atoms. The molecule has 5 aliphatic carbocycles. The molecule has 14 rings (SSSR count). The average Bonchev–Trinajstić information content (AvgIpc) is 1.56. The molecule has 6 aromatic rings. The van der Waals surface area contributed by atoms with Gasteiger partial charge in [-0.05, 0) is 265 Å². The normalized spacial score (nSPS) is 23.8. The second kappa shape index (κ2) is 34.4. The maximum atomic E-state index is 13.8. The van der Waals surface area contributed by atoms with E-state index >= 15 is 0 Å². The van der Waals surface area contributed by atoms with Gasteiger partial charge in [0.15, 0.2) is 0 Å². The van der Waals surface area contributed by atoms with Gasteiger partial charge in [0.05, 0.1) is 62.2 Å². The molecule has 3 saturated heterocycles. The number of aliphatic hydroxyl groups excluding tert-OH is 1. The highest BCUT2D eigenvalue weighted by Gasteiger charge is 2.60. The van der Waals surface area contributed by atoms with Gasteiger partial charge in [-0.1, -0.05) is 65.7 Å². The van der Waals surface area contributed by atoms with Crippen LogP contribution in [0.5, 0.6) is 0 Å². The van der Waals surface area contributed by atoms with Gasteiger partial charge in [0.25, 0.3) is 0 Å². The Labute approximate surface area is 634 Å². The molecule has 8 atom stereocenters. The Bertz CT molecular complexity index is 4400. The van der Waals surface area contributed by atoms with Gasteiger partial charge in [0.2, 0.25) is 0 Å². The van der Waals surface area contributed by atoms with Gasteiger partial charge < -0.3 is 45.6 Å². The summed E-state index contributed by atoms with van der Waals surface area (Å²) in [5.41, 5.74) is 4.27. The number of allylic oxidation sites excluding steroid dienone is 1. The molecule has 3 heterocycles. The van der Waals surface area contributed by atoms with E-state index in [0.29, 0.717) is 108 Å². The first kappa shape index (κ1) is 78.8. The van der Waals surface area contributed by atoms with E-state index in [1.165, 1.54) is 24.0 Å². The fourth-order valence-corrected chi connectivity index (χ4v) is 17.5. The molecule has 4 unspecified atom stereocenters. The smallest absolute Gasteiger partial charge is 0.392 e. The van der Waals surface area contributed by atoms with E-state index in [1.54, 1.807) is 40.1 Å². The van der Waals surface area contributed by atoms with Crippen LogP contribution in [0.4, 0.5) is 66.6 Å². The number of hydrogen-bond acceptors (Lipinski definition) is 10. The van der Waals surface area contributed by atoms with Crippen molar-refractivity contribution >= 4 is 63.9 Å². The Morgan fingerprint density at radius 1 is 0.519 bits per heavy atom. The number of hydrogen-bond donors (Lipinski definition) is 4. The Morgan fingerprint density at radius 2 is 0.954 bits per heavy atom. The quantitative estimate of drug-likeness (QED) is 0.0601. The fraction of sp³-hybridized carbons (Fsp3) is 0.463. The van der Waals surface area contributed by atoms with E-state index in [4.69, 9.17) is 23.2 Å². The van der Waals surface area contributed by atoms with Crippen LogP contribution in [-0.4, -0.2) is 155 Å². The van der Waals surface area contributed by atoms with Crippen LogP contribution < -0.4 is 16.0 Å². The monoisotopic (exact) mass is 1530 g/mol. The molecule has 4 N–H and O–H groups in total. The highest BCUT2D eigenvalue weighted by molar-refractivity contribution is 6.42. The first-order chi connectivity index (χ1) is 51.8. The number of urea groups is 3. The topological polar surface area (TPSA) is 198 Å². The maximum Gasteiger partial charge on any atom is 0.419 e. The summed E-state index contributed by atoms with van der Waals surface area (Å²) in [5, 5.41) is 46.7. The minimum Gasteiger partial charge on any atom is -0.392 e.